The second-order valence-electron chi connectivity index (χ2n) is 6.47. The fourth-order valence-corrected chi connectivity index (χ4v) is 3.33. The molecule has 25 heavy (non-hydrogen) atoms. The number of hydrogen-bond acceptors (Lipinski definition) is 6. The van der Waals surface area contributed by atoms with Gasteiger partial charge in [-0.05, 0) is 37.8 Å². The van der Waals surface area contributed by atoms with Crippen LogP contribution in [0.1, 0.15) is 25.7 Å². The molecule has 0 amide bonds. The molecule has 4 rings (SSSR count). The number of fused-ring (bicyclic) bond motifs is 1. The predicted octanol–water partition coefficient (Wildman–Crippen LogP) is 1.89. The molecular formula is C17H21N7O. The number of aryl methyl sites for hydroxylation is 1. The molecule has 8 heteroatoms. The summed E-state index contributed by atoms with van der Waals surface area (Å²) in [6, 6.07) is 6.62. The van der Waals surface area contributed by atoms with Crippen molar-refractivity contribution in [2.45, 2.75) is 37.8 Å². The molecule has 3 N–H and O–H groups in total. The molecule has 0 atom stereocenters. The number of hydrogen-bond donors (Lipinski definition) is 3. The first-order valence-corrected chi connectivity index (χ1v) is 8.55. The topological polar surface area (TPSA) is 101 Å². The maximum atomic E-state index is 12.1. The first-order chi connectivity index (χ1) is 12.2. The summed E-state index contributed by atoms with van der Waals surface area (Å²) in [6.45, 7) is 0. The number of pyridine rings is 1. The lowest BCUT2D eigenvalue weighted by Crippen LogP contribution is -2.33. The molecule has 0 bridgehead atoms. The van der Waals surface area contributed by atoms with Gasteiger partial charge < -0.3 is 10.6 Å². The highest BCUT2D eigenvalue weighted by molar-refractivity contribution is 5.74. The number of nitrogens with zero attached hydrogens (tertiary/aromatic N) is 4. The molecule has 0 radical (unpaired) electrons. The highest BCUT2D eigenvalue weighted by Crippen LogP contribution is 2.23. The summed E-state index contributed by atoms with van der Waals surface area (Å²) in [5.74, 6) is 1.44. The van der Waals surface area contributed by atoms with E-state index in [4.69, 9.17) is 0 Å². The van der Waals surface area contributed by atoms with Crippen molar-refractivity contribution >= 4 is 22.8 Å². The van der Waals surface area contributed by atoms with Gasteiger partial charge in [-0.3, -0.25) is 14.5 Å². The number of aromatic nitrogens is 5. The molecule has 3 aromatic rings. The summed E-state index contributed by atoms with van der Waals surface area (Å²) in [6.07, 6.45) is 7.46. The van der Waals surface area contributed by atoms with Crippen LogP contribution in [0.15, 0.2) is 35.4 Å². The SMILES string of the molecule is Cn1ncc2c(=O)[nH]c(NC3CCC(Nc4ccccn4)CC3)nc21. The normalized spacial score (nSPS) is 20.5. The van der Waals surface area contributed by atoms with Crippen molar-refractivity contribution in [3.8, 4) is 0 Å². The minimum atomic E-state index is -0.161. The summed E-state index contributed by atoms with van der Waals surface area (Å²) >= 11 is 0. The van der Waals surface area contributed by atoms with E-state index in [0.29, 0.717) is 29.1 Å². The summed E-state index contributed by atoms with van der Waals surface area (Å²) in [4.78, 5) is 23.7. The molecule has 3 heterocycles. The van der Waals surface area contributed by atoms with Crippen molar-refractivity contribution < 1.29 is 0 Å². The Hall–Kier alpha value is -2.90. The lowest BCUT2D eigenvalue weighted by molar-refractivity contribution is 0.427. The summed E-state index contributed by atoms with van der Waals surface area (Å²) in [7, 11) is 1.78. The summed E-state index contributed by atoms with van der Waals surface area (Å²) in [5.41, 5.74) is 0.433. The fourth-order valence-electron chi connectivity index (χ4n) is 3.33. The van der Waals surface area contributed by atoms with E-state index in [2.05, 4.69) is 30.7 Å². The van der Waals surface area contributed by atoms with Crippen LogP contribution in [0.2, 0.25) is 0 Å². The maximum absolute atomic E-state index is 12.1. The van der Waals surface area contributed by atoms with Crippen LogP contribution in [0, 0.1) is 0 Å². The molecule has 1 fully saturated rings. The van der Waals surface area contributed by atoms with E-state index in [1.807, 2.05) is 18.2 Å². The van der Waals surface area contributed by atoms with E-state index in [1.54, 1.807) is 24.1 Å². The Morgan fingerprint density at radius 2 is 1.92 bits per heavy atom. The van der Waals surface area contributed by atoms with Gasteiger partial charge in [-0.2, -0.15) is 10.1 Å². The van der Waals surface area contributed by atoms with E-state index in [9.17, 15) is 4.79 Å². The van der Waals surface area contributed by atoms with E-state index in [1.165, 1.54) is 0 Å². The third-order valence-corrected chi connectivity index (χ3v) is 4.69. The zero-order valence-electron chi connectivity index (χ0n) is 14.1. The third-order valence-electron chi connectivity index (χ3n) is 4.69. The Morgan fingerprint density at radius 1 is 1.16 bits per heavy atom. The Morgan fingerprint density at radius 3 is 2.64 bits per heavy atom. The van der Waals surface area contributed by atoms with Crippen LogP contribution in [0.5, 0.6) is 0 Å². The van der Waals surface area contributed by atoms with Crippen LogP contribution in [0.3, 0.4) is 0 Å². The van der Waals surface area contributed by atoms with E-state index in [-0.39, 0.29) is 5.56 Å². The van der Waals surface area contributed by atoms with Gasteiger partial charge in [-0.25, -0.2) is 4.98 Å². The monoisotopic (exact) mass is 339 g/mol. The van der Waals surface area contributed by atoms with Gasteiger partial charge >= 0.3 is 0 Å². The van der Waals surface area contributed by atoms with Gasteiger partial charge in [0.25, 0.3) is 5.56 Å². The zero-order valence-corrected chi connectivity index (χ0v) is 14.1. The highest BCUT2D eigenvalue weighted by atomic mass is 16.1. The molecule has 1 saturated carbocycles. The van der Waals surface area contributed by atoms with Crippen LogP contribution in [0.25, 0.3) is 11.0 Å². The molecule has 1 aliphatic rings. The number of H-pyrrole nitrogens is 1. The van der Waals surface area contributed by atoms with Crippen LogP contribution in [0.4, 0.5) is 11.8 Å². The van der Waals surface area contributed by atoms with Crippen LogP contribution >= 0.6 is 0 Å². The fraction of sp³-hybridized carbons (Fsp3) is 0.412. The Bertz CT molecular complexity index is 910. The van der Waals surface area contributed by atoms with Crippen molar-refractivity contribution in [3.63, 3.8) is 0 Å². The lowest BCUT2D eigenvalue weighted by atomic mass is 9.91. The third kappa shape index (κ3) is 3.33. The van der Waals surface area contributed by atoms with E-state index >= 15 is 0 Å². The van der Waals surface area contributed by atoms with Crippen molar-refractivity contribution in [1.82, 2.24) is 24.7 Å². The Kier molecular flexibility index (Phi) is 4.09. The van der Waals surface area contributed by atoms with Crippen molar-refractivity contribution in [1.29, 1.82) is 0 Å². The van der Waals surface area contributed by atoms with Gasteiger partial charge in [-0.1, -0.05) is 6.07 Å². The minimum Gasteiger partial charge on any atom is -0.367 e. The average Bonchev–Trinajstić information content (AvgIpc) is 2.99. The molecule has 1 aliphatic carbocycles. The quantitative estimate of drug-likeness (QED) is 0.671. The van der Waals surface area contributed by atoms with Crippen molar-refractivity contribution in [2.24, 2.45) is 7.05 Å². The Labute approximate surface area is 144 Å². The zero-order chi connectivity index (χ0) is 17.2. The van der Waals surface area contributed by atoms with Gasteiger partial charge in [-0.15, -0.1) is 0 Å². The molecule has 130 valence electrons. The average molecular weight is 339 g/mol. The second kappa shape index (κ2) is 6.54. The molecule has 0 saturated heterocycles. The first kappa shape index (κ1) is 15.6. The highest BCUT2D eigenvalue weighted by Gasteiger charge is 2.22. The Balaban J connectivity index is 1.39. The van der Waals surface area contributed by atoms with Crippen LogP contribution in [-0.4, -0.2) is 36.8 Å². The van der Waals surface area contributed by atoms with E-state index < -0.39 is 0 Å². The van der Waals surface area contributed by atoms with Gasteiger partial charge in [0, 0.05) is 25.3 Å². The van der Waals surface area contributed by atoms with Gasteiger partial charge in [0.1, 0.15) is 11.2 Å². The second-order valence-corrected chi connectivity index (χ2v) is 6.47. The molecular weight excluding hydrogens is 318 g/mol. The van der Waals surface area contributed by atoms with E-state index in [0.717, 1.165) is 31.5 Å². The standard InChI is InChI=1S/C17H21N7O/c1-24-15-13(10-19-24)16(25)23-17(22-15)21-12-7-5-11(6-8-12)20-14-4-2-3-9-18-14/h2-4,9-12H,5-8H2,1H3,(H,18,20)(H2,21,22,23,25). The molecule has 3 aromatic heterocycles. The number of aromatic amines is 1. The first-order valence-electron chi connectivity index (χ1n) is 8.55. The smallest absolute Gasteiger partial charge is 0.263 e. The van der Waals surface area contributed by atoms with Crippen molar-refractivity contribution in [2.75, 3.05) is 10.6 Å². The van der Waals surface area contributed by atoms with Gasteiger partial charge in [0.05, 0.1) is 6.20 Å². The van der Waals surface area contributed by atoms with Gasteiger partial charge in [0.15, 0.2) is 5.65 Å². The largest absolute Gasteiger partial charge is 0.367 e. The molecule has 0 unspecified atom stereocenters. The number of rotatable bonds is 4. The summed E-state index contributed by atoms with van der Waals surface area (Å²) < 4.78 is 1.61. The predicted molar refractivity (Wildman–Crippen MR) is 96.7 cm³/mol. The van der Waals surface area contributed by atoms with Crippen molar-refractivity contribution in [3.05, 3.63) is 40.9 Å². The lowest BCUT2D eigenvalue weighted by Gasteiger charge is -2.30. The molecule has 0 aromatic carbocycles. The summed E-state index contributed by atoms with van der Waals surface area (Å²) in [5, 5.41) is 11.4. The molecule has 8 nitrogen and oxygen atoms in total. The van der Waals surface area contributed by atoms with Crippen LogP contribution in [-0.2, 0) is 7.05 Å². The number of nitrogens with one attached hydrogen (secondary N) is 3. The van der Waals surface area contributed by atoms with Gasteiger partial charge in [0.2, 0.25) is 5.95 Å². The molecule has 0 spiro atoms. The van der Waals surface area contributed by atoms with Crippen LogP contribution < -0.4 is 16.2 Å². The number of anilines is 2. The maximum Gasteiger partial charge on any atom is 0.263 e. The molecule has 0 aliphatic heterocycles. The minimum absolute atomic E-state index is 0.161.